The highest BCUT2D eigenvalue weighted by molar-refractivity contribution is 5.84. The highest BCUT2D eigenvalue weighted by atomic mass is 16.5. The number of hydrogen-bond donors (Lipinski definition) is 1. The van der Waals surface area contributed by atoms with Crippen LogP contribution in [0.3, 0.4) is 0 Å². The van der Waals surface area contributed by atoms with Crippen LogP contribution in [0.25, 0.3) is 0 Å². The summed E-state index contributed by atoms with van der Waals surface area (Å²) in [5, 5.41) is 2.69. The second kappa shape index (κ2) is 5.71. The maximum absolute atomic E-state index is 11.5. The van der Waals surface area contributed by atoms with Crippen LogP contribution in [0.2, 0.25) is 0 Å². The third-order valence-electron chi connectivity index (χ3n) is 3.16. The summed E-state index contributed by atoms with van der Waals surface area (Å²) in [6.45, 7) is 8.85. The number of anilines is 1. The van der Waals surface area contributed by atoms with E-state index < -0.39 is 6.09 Å². The van der Waals surface area contributed by atoms with Gasteiger partial charge in [0.05, 0.1) is 6.61 Å². The molecule has 0 aromatic heterocycles. The number of rotatable bonds is 4. The lowest BCUT2D eigenvalue weighted by atomic mass is 9.82. The average Bonchev–Trinajstić information content (AvgIpc) is 2.28. The zero-order valence-corrected chi connectivity index (χ0v) is 11.0. The third-order valence-corrected chi connectivity index (χ3v) is 3.16. The normalized spacial score (nSPS) is 11.4. The van der Waals surface area contributed by atoms with Crippen molar-refractivity contribution in [3.05, 3.63) is 30.3 Å². The Morgan fingerprint density at radius 2 is 1.88 bits per heavy atom. The molecule has 3 nitrogen and oxygen atoms in total. The molecule has 0 spiro atoms. The van der Waals surface area contributed by atoms with Gasteiger partial charge in [-0.15, -0.1) is 0 Å². The van der Waals surface area contributed by atoms with E-state index in [1.807, 2.05) is 30.3 Å². The molecule has 94 valence electrons. The predicted octanol–water partition coefficient (Wildman–Crippen LogP) is 3.92. The largest absolute Gasteiger partial charge is 0.449 e. The Morgan fingerprint density at radius 1 is 1.29 bits per heavy atom. The van der Waals surface area contributed by atoms with Crippen molar-refractivity contribution in [1.82, 2.24) is 0 Å². The molecule has 1 amide bonds. The van der Waals surface area contributed by atoms with Gasteiger partial charge >= 0.3 is 6.09 Å². The molecule has 17 heavy (non-hydrogen) atoms. The van der Waals surface area contributed by atoms with E-state index in [2.05, 4.69) is 33.0 Å². The van der Waals surface area contributed by atoms with Gasteiger partial charge in [0.1, 0.15) is 0 Å². The standard InChI is InChI=1S/C14H21NO2/c1-11(2)14(3,4)10-17-13(16)15-12-8-6-5-7-9-12/h5-9,11H,10H2,1-4H3,(H,15,16). The molecule has 1 rings (SSSR count). The smallest absolute Gasteiger partial charge is 0.411 e. The second-order valence-electron chi connectivity index (χ2n) is 5.21. The first-order valence-corrected chi connectivity index (χ1v) is 5.90. The van der Waals surface area contributed by atoms with Crippen molar-refractivity contribution in [2.24, 2.45) is 11.3 Å². The van der Waals surface area contributed by atoms with Crippen LogP contribution in [0.4, 0.5) is 10.5 Å². The van der Waals surface area contributed by atoms with Crippen molar-refractivity contribution in [3.8, 4) is 0 Å². The number of benzene rings is 1. The number of para-hydroxylation sites is 1. The van der Waals surface area contributed by atoms with Gasteiger partial charge in [-0.25, -0.2) is 4.79 Å². The average molecular weight is 235 g/mol. The summed E-state index contributed by atoms with van der Waals surface area (Å²) in [6.07, 6.45) is -0.398. The van der Waals surface area contributed by atoms with E-state index >= 15 is 0 Å². The van der Waals surface area contributed by atoms with Gasteiger partial charge in [0.2, 0.25) is 0 Å². The first-order chi connectivity index (χ1) is 7.92. The van der Waals surface area contributed by atoms with Crippen LogP contribution in [0, 0.1) is 11.3 Å². The molecule has 0 radical (unpaired) electrons. The number of ether oxygens (including phenoxy) is 1. The van der Waals surface area contributed by atoms with Gasteiger partial charge in [0.25, 0.3) is 0 Å². The lowest BCUT2D eigenvalue weighted by Gasteiger charge is -2.28. The number of carbonyl (C=O) groups excluding carboxylic acids is 1. The van der Waals surface area contributed by atoms with Crippen LogP contribution >= 0.6 is 0 Å². The Bertz CT molecular complexity index is 358. The van der Waals surface area contributed by atoms with Crippen molar-refractivity contribution in [1.29, 1.82) is 0 Å². The van der Waals surface area contributed by atoms with E-state index in [1.165, 1.54) is 0 Å². The molecule has 0 saturated carbocycles. The fourth-order valence-electron chi connectivity index (χ4n) is 1.09. The summed E-state index contributed by atoms with van der Waals surface area (Å²) in [5.41, 5.74) is 0.744. The van der Waals surface area contributed by atoms with Crippen LogP contribution in [-0.4, -0.2) is 12.7 Å². The molecule has 1 aromatic rings. The lowest BCUT2D eigenvalue weighted by Crippen LogP contribution is -2.28. The molecule has 0 heterocycles. The van der Waals surface area contributed by atoms with Crippen LogP contribution in [0.15, 0.2) is 30.3 Å². The predicted molar refractivity (Wildman–Crippen MR) is 70.0 cm³/mol. The summed E-state index contributed by atoms with van der Waals surface area (Å²) >= 11 is 0. The van der Waals surface area contributed by atoms with Crippen molar-refractivity contribution >= 4 is 11.8 Å². The molecule has 0 saturated heterocycles. The quantitative estimate of drug-likeness (QED) is 0.859. The van der Waals surface area contributed by atoms with Gasteiger partial charge in [-0.05, 0) is 18.1 Å². The lowest BCUT2D eigenvalue weighted by molar-refractivity contribution is 0.0838. The number of hydrogen-bond acceptors (Lipinski definition) is 2. The number of amides is 1. The summed E-state index contributed by atoms with van der Waals surface area (Å²) in [4.78, 5) is 11.5. The molecule has 0 atom stereocenters. The Hall–Kier alpha value is -1.51. The molecule has 0 aliphatic rings. The van der Waals surface area contributed by atoms with Gasteiger partial charge in [-0.3, -0.25) is 5.32 Å². The number of carbonyl (C=O) groups is 1. The highest BCUT2D eigenvalue weighted by Crippen LogP contribution is 2.26. The zero-order valence-electron chi connectivity index (χ0n) is 11.0. The highest BCUT2D eigenvalue weighted by Gasteiger charge is 2.24. The van der Waals surface area contributed by atoms with E-state index in [1.54, 1.807) is 0 Å². The molecule has 1 aromatic carbocycles. The van der Waals surface area contributed by atoms with Crippen LogP contribution in [0.1, 0.15) is 27.7 Å². The van der Waals surface area contributed by atoms with E-state index in [9.17, 15) is 4.79 Å². The van der Waals surface area contributed by atoms with Gasteiger partial charge in [-0.1, -0.05) is 45.9 Å². The molecule has 0 bridgehead atoms. The minimum Gasteiger partial charge on any atom is -0.449 e. The fourth-order valence-corrected chi connectivity index (χ4v) is 1.09. The Labute approximate surface area is 103 Å². The minimum atomic E-state index is -0.398. The van der Waals surface area contributed by atoms with E-state index in [0.29, 0.717) is 12.5 Å². The monoisotopic (exact) mass is 235 g/mol. The van der Waals surface area contributed by atoms with Gasteiger partial charge in [-0.2, -0.15) is 0 Å². The zero-order chi connectivity index (χ0) is 12.9. The third kappa shape index (κ3) is 4.47. The topological polar surface area (TPSA) is 38.3 Å². The van der Waals surface area contributed by atoms with Gasteiger partial charge in [0, 0.05) is 11.1 Å². The van der Waals surface area contributed by atoms with Gasteiger partial charge < -0.3 is 4.74 Å². The summed E-state index contributed by atoms with van der Waals surface area (Å²) < 4.78 is 5.22. The van der Waals surface area contributed by atoms with Crippen molar-refractivity contribution < 1.29 is 9.53 Å². The second-order valence-corrected chi connectivity index (χ2v) is 5.21. The molecule has 0 aliphatic heterocycles. The summed E-state index contributed by atoms with van der Waals surface area (Å²) in [7, 11) is 0. The first-order valence-electron chi connectivity index (χ1n) is 5.90. The molecule has 0 unspecified atom stereocenters. The molecular formula is C14H21NO2. The van der Waals surface area contributed by atoms with Crippen LogP contribution < -0.4 is 5.32 Å². The number of nitrogens with one attached hydrogen (secondary N) is 1. The van der Waals surface area contributed by atoms with Crippen molar-refractivity contribution in [3.63, 3.8) is 0 Å². The summed E-state index contributed by atoms with van der Waals surface area (Å²) in [5.74, 6) is 0.465. The SMILES string of the molecule is CC(C)C(C)(C)COC(=O)Nc1ccccc1. The Morgan fingerprint density at radius 3 is 2.41 bits per heavy atom. The van der Waals surface area contributed by atoms with E-state index in [-0.39, 0.29) is 5.41 Å². The van der Waals surface area contributed by atoms with E-state index in [0.717, 1.165) is 5.69 Å². The first kappa shape index (κ1) is 13.6. The van der Waals surface area contributed by atoms with Crippen molar-refractivity contribution in [2.75, 3.05) is 11.9 Å². The maximum atomic E-state index is 11.5. The maximum Gasteiger partial charge on any atom is 0.411 e. The fraction of sp³-hybridized carbons (Fsp3) is 0.500. The molecule has 1 N–H and O–H groups in total. The van der Waals surface area contributed by atoms with Crippen molar-refractivity contribution in [2.45, 2.75) is 27.7 Å². The van der Waals surface area contributed by atoms with E-state index in [4.69, 9.17) is 4.74 Å². The van der Waals surface area contributed by atoms with Gasteiger partial charge in [0.15, 0.2) is 0 Å². The molecular weight excluding hydrogens is 214 g/mol. The van der Waals surface area contributed by atoms with Crippen LogP contribution in [0.5, 0.6) is 0 Å². The Balaban J connectivity index is 2.41. The minimum absolute atomic E-state index is 0.00592. The molecule has 0 fully saturated rings. The molecule has 0 aliphatic carbocycles. The molecule has 3 heteroatoms. The Kier molecular flexibility index (Phi) is 4.55. The summed E-state index contributed by atoms with van der Waals surface area (Å²) in [6, 6.07) is 9.30. The van der Waals surface area contributed by atoms with Crippen LogP contribution in [-0.2, 0) is 4.74 Å².